The Labute approximate surface area is 182 Å². The maximum Gasteiger partial charge on any atom is 0.203 e. The third-order valence-corrected chi connectivity index (χ3v) is 5.42. The second kappa shape index (κ2) is 9.85. The quantitative estimate of drug-likeness (QED) is 0.547. The number of pyridine rings is 1. The first-order valence-corrected chi connectivity index (χ1v) is 10.3. The summed E-state index contributed by atoms with van der Waals surface area (Å²) in [6, 6.07) is 12.0. The Bertz CT molecular complexity index is 1010. The Morgan fingerprint density at radius 3 is 2.35 bits per heavy atom. The molecule has 7 heteroatoms. The lowest BCUT2D eigenvalue weighted by atomic mass is 10.1. The first kappa shape index (κ1) is 21.2. The summed E-state index contributed by atoms with van der Waals surface area (Å²) in [5.74, 6) is 2.57. The van der Waals surface area contributed by atoms with Gasteiger partial charge in [0.25, 0.3) is 0 Å². The minimum Gasteiger partial charge on any atom is -0.493 e. The minimum atomic E-state index is 0.350. The number of morpholine rings is 1. The van der Waals surface area contributed by atoms with Crippen molar-refractivity contribution in [1.82, 2.24) is 9.88 Å². The van der Waals surface area contributed by atoms with Gasteiger partial charge in [-0.05, 0) is 23.8 Å². The molecule has 0 atom stereocenters. The van der Waals surface area contributed by atoms with E-state index in [4.69, 9.17) is 23.7 Å². The molecule has 0 saturated carbocycles. The smallest absolute Gasteiger partial charge is 0.203 e. The van der Waals surface area contributed by atoms with Gasteiger partial charge in [0.15, 0.2) is 17.2 Å². The molecule has 1 aliphatic rings. The molecule has 7 nitrogen and oxygen atoms in total. The first-order chi connectivity index (χ1) is 15.2. The molecule has 31 heavy (non-hydrogen) atoms. The van der Waals surface area contributed by atoms with Gasteiger partial charge in [-0.2, -0.15) is 0 Å². The minimum absolute atomic E-state index is 0.350. The molecule has 2 aromatic carbocycles. The van der Waals surface area contributed by atoms with Gasteiger partial charge in [0.1, 0.15) is 12.1 Å². The predicted octanol–water partition coefficient (Wildman–Crippen LogP) is 3.67. The normalized spacial score (nSPS) is 14.4. The van der Waals surface area contributed by atoms with Gasteiger partial charge in [-0.3, -0.25) is 9.88 Å². The lowest BCUT2D eigenvalue weighted by Gasteiger charge is -2.27. The predicted molar refractivity (Wildman–Crippen MR) is 118 cm³/mol. The standard InChI is InChI=1S/C24H28N2O5/c1-27-20-13-17(14-21(28-2)24(20)29-3)16-31-23-19(15-26-9-11-30-12-10-26)7-6-18-5-4-8-25-22(18)23/h4-8,13-14H,9-12,15-16H2,1-3H3. The van der Waals surface area contributed by atoms with E-state index in [2.05, 4.69) is 22.0 Å². The molecular formula is C24H28N2O5. The van der Waals surface area contributed by atoms with Crippen LogP contribution in [0.25, 0.3) is 10.9 Å². The van der Waals surface area contributed by atoms with E-state index in [1.165, 1.54) is 0 Å². The number of rotatable bonds is 8. The van der Waals surface area contributed by atoms with Crippen LogP contribution >= 0.6 is 0 Å². The van der Waals surface area contributed by atoms with Crippen LogP contribution in [0.4, 0.5) is 0 Å². The van der Waals surface area contributed by atoms with E-state index in [-0.39, 0.29) is 0 Å². The molecule has 164 valence electrons. The molecule has 3 aromatic rings. The zero-order chi connectivity index (χ0) is 21.6. The van der Waals surface area contributed by atoms with Crippen molar-refractivity contribution < 1.29 is 23.7 Å². The largest absolute Gasteiger partial charge is 0.493 e. The van der Waals surface area contributed by atoms with E-state index >= 15 is 0 Å². The number of methoxy groups -OCH3 is 3. The van der Waals surface area contributed by atoms with Crippen molar-refractivity contribution in [2.45, 2.75) is 13.2 Å². The summed E-state index contributed by atoms with van der Waals surface area (Å²) in [7, 11) is 4.81. The Kier molecular flexibility index (Phi) is 6.74. The summed E-state index contributed by atoms with van der Waals surface area (Å²) >= 11 is 0. The highest BCUT2D eigenvalue weighted by Crippen LogP contribution is 2.39. The second-order valence-electron chi connectivity index (χ2n) is 7.34. The lowest BCUT2D eigenvalue weighted by Crippen LogP contribution is -2.35. The van der Waals surface area contributed by atoms with E-state index in [0.29, 0.717) is 23.9 Å². The fourth-order valence-electron chi connectivity index (χ4n) is 3.82. The van der Waals surface area contributed by atoms with E-state index < -0.39 is 0 Å². The fraction of sp³-hybridized carbons (Fsp3) is 0.375. The topological polar surface area (TPSA) is 62.3 Å². The number of aromatic nitrogens is 1. The first-order valence-electron chi connectivity index (χ1n) is 10.3. The molecule has 0 N–H and O–H groups in total. The van der Waals surface area contributed by atoms with Crippen molar-refractivity contribution in [3.8, 4) is 23.0 Å². The van der Waals surface area contributed by atoms with Crippen molar-refractivity contribution in [3.63, 3.8) is 0 Å². The Balaban J connectivity index is 1.65. The molecule has 1 aliphatic heterocycles. The van der Waals surface area contributed by atoms with Crippen LogP contribution in [-0.2, 0) is 17.9 Å². The van der Waals surface area contributed by atoms with Gasteiger partial charge < -0.3 is 23.7 Å². The third-order valence-electron chi connectivity index (χ3n) is 5.42. The van der Waals surface area contributed by atoms with E-state index in [1.54, 1.807) is 27.5 Å². The number of hydrogen-bond acceptors (Lipinski definition) is 7. The zero-order valence-electron chi connectivity index (χ0n) is 18.2. The van der Waals surface area contributed by atoms with Crippen LogP contribution in [0.2, 0.25) is 0 Å². The van der Waals surface area contributed by atoms with Gasteiger partial charge in [0, 0.05) is 36.8 Å². The van der Waals surface area contributed by atoms with Crippen LogP contribution in [0, 0.1) is 0 Å². The molecule has 0 unspecified atom stereocenters. The van der Waals surface area contributed by atoms with Crippen molar-refractivity contribution in [2.75, 3.05) is 47.6 Å². The average Bonchev–Trinajstić information content (AvgIpc) is 2.83. The van der Waals surface area contributed by atoms with Crippen LogP contribution < -0.4 is 18.9 Å². The van der Waals surface area contributed by atoms with E-state index in [0.717, 1.165) is 60.6 Å². The Hall–Kier alpha value is -3.03. The maximum atomic E-state index is 6.38. The molecule has 0 bridgehead atoms. The highest BCUT2D eigenvalue weighted by Gasteiger charge is 2.18. The Morgan fingerprint density at radius 2 is 1.68 bits per heavy atom. The van der Waals surface area contributed by atoms with Crippen LogP contribution in [-0.4, -0.2) is 57.5 Å². The molecule has 4 rings (SSSR count). The van der Waals surface area contributed by atoms with Crippen molar-refractivity contribution in [2.24, 2.45) is 0 Å². The van der Waals surface area contributed by atoms with Gasteiger partial charge in [-0.15, -0.1) is 0 Å². The summed E-state index contributed by atoms with van der Waals surface area (Å²) in [5, 5.41) is 1.05. The molecular weight excluding hydrogens is 396 g/mol. The monoisotopic (exact) mass is 424 g/mol. The van der Waals surface area contributed by atoms with Gasteiger partial charge in [-0.1, -0.05) is 18.2 Å². The summed E-state index contributed by atoms with van der Waals surface area (Å²) in [5.41, 5.74) is 2.89. The van der Waals surface area contributed by atoms with Gasteiger partial charge in [0.2, 0.25) is 5.75 Å². The third kappa shape index (κ3) is 4.68. The number of ether oxygens (including phenoxy) is 5. The summed E-state index contributed by atoms with van der Waals surface area (Å²) in [6.07, 6.45) is 1.80. The van der Waals surface area contributed by atoms with Gasteiger partial charge >= 0.3 is 0 Å². The fourth-order valence-corrected chi connectivity index (χ4v) is 3.82. The number of nitrogens with zero attached hydrogens (tertiary/aromatic N) is 2. The van der Waals surface area contributed by atoms with Gasteiger partial charge in [-0.25, -0.2) is 0 Å². The second-order valence-corrected chi connectivity index (χ2v) is 7.34. The summed E-state index contributed by atoms with van der Waals surface area (Å²) in [4.78, 5) is 6.98. The van der Waals surface area contributed by atoms with E-state index in [9.17, 15) is 0 Å². The van der Waals surface area contributed by atoms with Gasteiger partial charge in [0.05, 0.1) is 34.5 Å². The summed E-state index contributed by atoms with van der Waals surface area (Å²) < 4.78 is 28.2. The molecule has 1 aromatic heterocycles. The Morgan fingerprint density at radius 1 is 0.935 bits per heavy atom. The molecule has 0 amide bonds. The average molecular weight is 424 g/mol. The number of benzene rings is 2. The molecule has 0 radical (unpaired) electrons. The molecule has 0 aliphatic carbocycles. The summed E-state index contributed by atoms with van der Waals surface area (Å²) in [6.45, 7) is 4.48. The molecule has 1 saturated heterocycles. The number of hydrogen-bond donors (Lipinski definition) is 0. The van der Waals surface area contributed by atoms with Crippen molar-refractivity contribution in [1.29, 1.82) is 0 Å². The van der Waals surface area contributed by atoms with E-state index in [1.807, 2.05) is 24.3 Å². The van der Waals surface area contributed by atoms with Crippen molar-refractivity contribution >= 4 is 10.9 Å². The van der Waals surface area contributed by atoms with Crippen LogP contribution in [0.1, 0.15) is 11.1 Å². The van der Waals surface area contributed by atoms with Crippen LogP contribution in [0.5, 0.6) is 23.0 Å². The van der Waals surface area contributed by atoms with Crippen LogP contribution in [0.3, 0.4) is 0 Å². The highest BCUT2D eigenvalue weighted by molar-refractivity contribution is 5.85. The lowest BCUT2D eigenvalue weighted by molar-refractivity contribution is 0.0338. The van der Waals surface area contributed by atoms with Crippen molar-refractivity contribution in [3.05, 3.63) is 53.7 Å². The zero-order valence-corrected chi connectivity index (χ0v) is 18.2. The highest BCUT2D eigenvalue weighted by atomic mass is 16.5. The SMILES string of the molecule is COc1cc(COc2c(CN3CCOCC3)ccc3cccnc23)cc(OC)c1OC. The molecule has 2 heterocycles. The molecule has 0 spiro atoms. The molecule has 1 fully saturated rings. The number of fused-ring (bicyclic) bond motifs is 1. The maximum absolute atomic E-state index is 6.38. The van der Waals surface area contributed by atoms with Crippen LogP contribution in [0.15, 0.2) is 42.6 Å².